The molecule has 4 N–H and O–H groups in total. The number of fused-ring (bicyclic) bond motifs is 3. The number of phenols is 1. The fourth-order valence-electron chi connectivity index (χ4n) is 8.42. The largest absolute Gasteiger partial charge is 0.502 e. The first-order valence-electron chi connectivity index (χ1n) is 20.7. The molecule has 62 heavy (non-hydrogen) atoms. The summed E-state index contributed by atoms with van der Waals surface area (Å²) in [6, 6.07) is 25.2. The first kappa shape index (κ1) is 43.4. The van der Waals surface area contributed by atoms with Gasteiger partial charge in [0, 0.05) is 38.0 Å². The van der Waals surface area contributed by atoms with Gasteiger partial charge in [0.15, 0.2) is 23.0 Å². The van der Waals surface area contributed by atoms with E-state index >= 15 is 0 Å². The molecule has 4 aromatic rings. The van der Waals surface area contributed by atoms with E-state index in [1.54, 1.807) is 17.0 Å². The van der Waals surface area contributed by atoms with Crippen LogP contribution < -0.4 is 29.6 Å². The Bertz CT molecular complexity index is 2180. The number of carbonyl (C=O) groups excluding carboxylic acids is 3. The fourth-order valence-corrected chi connectivity index (χ4v) is 8.42. The molecule has 3 aliphatic rings. The highest BCUT2D eigenvalue weighted by molar-refractivity contribution is 5.82. The molecule has 328 valence electrons. The average Bonchev–Trinajstić information content (AvgIpc) is 3.91. The van der Waals surface area contributed by atoms with Crippen LogP contribution in [-0.2, 0) is 32.2 Å². The number of ether oxygens (including phenoxy) is 6. The molecule has 3 amide bonds. The van der Waals surface area contributed by atoms with Gasteiger partial charge in [0.1, 0.15) is 6.61 Å². The lowest BCUT2D eigenvalue weighted by Gasteiger charge is -2.39. The molecule has 1 fully saturated rings. The summed E-state index contributed by atoms with van der Waals surface area (Å²) < 4.78 is 33.7. The van der Waals surface area contributed by atoms with Crippen molar-refractivity contribution in [3.05, 3.63) is 113 Å². The van der Waals surface area contributed by atoms with Gasteiger partial charge in [0.2, 0.25) is 18.4 Å². The minimum absolute atomic E-state index is 0.0276. The molecule has 1 saturated heterocycles. The third-order valence-electron chi connectivity index (χ3n) is 11.5. The summed E-state index contributed by atoms with van der Waals surface area (Å²) in [7, 11) is 2.87. The number of rotatable bonds is 19. The van der Waals surface area contributed by atoms with E-state index in [1.807, 2.05) is 72.8 Å². The van der Waals surface area contributed by atoms with E-state index in [0.717, 1.165) is 22.3 Å². The zero-order valence-electron chi connectivity index (χ0n) is 34.7. The van der Waals surface area contributed by atoms with Gasteiger partial charge >= 0.3 is 18.2 Å². The lowest BCUT2D eigenvalue weighted by Crippen LogP contribution is -2.45. The average molecular weight is 853 g/mol. The summed E-state index contributed by atoms with van der Waals surface area (Å²) in [4.78, 5) is 55.4. The van der Waals surface area contributed by atoms with E-state index in [-0.39, 0.29) is 56.3 Å². The van der Waals surface area contributed by atoms with Crippen molar-refractivity contribution >= 4 is 24.1 Å². The highest BCUT2D eigenvalue weighted by Crippen LogP contribution is 2.55. The highest BCUT2D eigenvalue weighted by Gasteiger charge is 2.53. The number of carboxylic acid groups (broad SMARTS) is 1. The summed E-state index contributed by atoms with van der Waals surface area (Å²) in [5.41, 5.74) is 3.88. The van der Waals surface area contributed by atoms with Gasteiger partial charge in [0.25, 0.3) is 0 Å². The van der Waals surface area contributed by atoms with Crippen molar-refractivity contribution in [1.82, 2.24) is 20.4 Å². The van der Waals surface area contributed by atoms with Gasteiger partial charge in [-0.05, 0) is 77.9 Å². The minimum Gasteiger partial charge on any atom is -0.502 e. The molecule has 2 aliphatic heterocycles. The van der Waals surface area contributed by atoms with Crippen molar-refractivity contribution in [2.75, 3.05) is 60.3 Å². The van der Waals surface area contributed by atoms with Crippen LogP contribution in [0.3, 0.4) is 0 Å². The van der Waals surface area contributed by atoms with E-state index < -0.39 is 42.0 Å². The SMILES string of the molecule is COc1cc(C2c3cc4c(cc3C(NC(=O)CNCCCN(CCCCN(Cc3ccccc3)C(=O)O)C(=O)OCc3ccccc3)C3COC(=O)C23)OCO4)cc(OC)c1O. The number of benzene rings is 4. The molecule has 1 aliphatic carbocycles. The number of nitrogens with one attached hydrogen (secondary N) is 2. The summed E-state index contributed by atoms with van der Waals surface area (Å²) in [6.07, 6.45) is 0.123. The Kier molecular flexibility index (Phi) is 14.2. The standard InChI is InChI=1S/C46H52N4O12/c1-57-37-20-31(21-38(58-2)43(37)52)40-32-22-35-36(62-28-61-35)23-33(32)42(34-27-59-44(53)41(34)40)48-39(51)24-47-16-11-19-49(46(56)60-26-30-14-7-4-8-15-30)17-9-10-18-50(45(54)55)25-29-12-5-3-6-13-29/h3-8,12-15,20-23,34,40-42,47,52H,9-11,16-19,24-28H2,1-2H3,(H,48,51)(H,54,55). The molecule has 0 saturated carbocycles. The Morgan fingerprint density at radius 1 is 0.790 bits per heavy atom. The van der Waals surface area contributed by atoms with Crippen molar-refractivity contribution in [1.29, 1.82) is 0 Å². The van der Waals surface area contributed by atoms with Crippen LogP contribution in [0, 0.1) is 11.8 Å². The van der Waals surface area contributed by atoms with E-state index in [0.29, 0.717) is 62.5 Å². The smallest absolute Gasteiger partial charge is 0.410 e. The second-order valence-corrected chi connectivity index (χ2v) is 15.4. The molecule has 4 aromatic carbocycles. The number of aromatic hydroxyl groups is 1. The predicted octanol–water partition coefficient (Wildman–Crippen LogP) is 5.81. The van der Waals surface area contributed by atoms with Gasteiger partial charge in [-0.1, -0.05) is 60.7 Å². The van der Waals surface area contributed by atoms with Crippen LogP contribution in [0.5, 0.6) is 28.7 Å². The second-order valence-electron chi connectivity index (χ2n) is 15.4. The number of nitrogens with zero attached hydrogens (tertiary/aromatic N) is 2. The number of hydrogen-bond donors (Lipinski definition) is 4. The molecular weight excluding hydrogens is 801 g/mol. The van der Waals surface area contributed by atoms with Crippen LogP contribution in [0.2, 0.25) is 0 Å². The summed E-state index contributed by atoms with van der Waals surface area (Å²) >= 11 is 0. The molecule has 0 radical (unpaired) electrons. The molecule has 7 rings (SSSR count). The third-order valence-corrected chi connectivity index (χ3v) is 11.5. The van der Waals surface area contributed by atoms with Gasteiger partial charge in [-0.25, -0.2) is 9.59 Å². The van der Waals surface area contributed by atoms with Gasteiger partial charge in [-0.15, -0.1) is 0 Å². The Morgan fingerprint density at radius 2 is 1.40 bits per heavy atom. The van der Waals surface area contributed by atoms with Gasteiger partial charge in [-0.3, -0.25) is 9.59 Å². The Balaban J connectivity index is 0.981. The van der Waals surface area contributed by atoms with Crippen molar-refractivity contribution < 1.29 is 57.8 Å². The van der Waals surface area contributed by atoms with Crippen LogP contribution in [0.15, 0.2) is 84.9 Å². The molecule has 0 spiro atoms. The van der Waals surface area contributed by atoms with E-state index in [1.165, 1.54) is 19.1 Å². The van der Waals surface area contributed by atoms with Crippen LogP contribution in [0.1, 0.15) is 59.0 Å². The summed E-state index contributed by atoms with van der Waals surface area (Å²) in [5, 5.41) is 26.8. The molecule has 4 atom stereocenters. The lowest BCUT2D eigenvalue weighted by atomic mass is 9.65. The first-order valence-corrected chi connectivity index (χ1v) is 20.7. The van der Waals surface area contributed by atoms with E-state index in [2.05, 4.69) is 10.6 Å². The van der Waals surface area contributed by atoms with E-state index in [4.69, 9.17) is 28.4 Å². The predicted molar refractivity (Wildman–Crippen MR) is 224 cm³/mol. The zero-order valence-corrected chi connectivity index (χ0v) is 34.7. The highest BCUT2D eigenvalue weighted by atomic mass is 16.7. The zero-order chi connectivity index (χ0) is 43.6. The fraction of sp³-hybridized carbons (Fsp3) is 0.391. The Hall–Kier alpha value is -6.68. The first-order chi connectivity index (χ1) is 30.1. The second kappa shape index (κ2) is 20.3. The minimum atomic E-state index is -1.01. The molecule has 2 heterocycles. The molecular formula is C46H52N4O12. The number of unbranched alkanes of at least 4 members (excludes halogenated alkanes) is 1. The van der Waals surface area contributed by atoms with Crippen LogP contribution in [0.4, 0.5) is 9.59 Å². The van der Waals surface area contributed by atoms with Crippen LogP contribution >= 0.6 is 0 Å². The normalized spacial score (nSPS) is 18.2. The number of methoxy groups -OCH3 is 2. The molecule has 0 bridgehead atoms. The van der Waals surface area contributed by atoms with Gasteiger partial charge in [0.05, 0.1) is 39.3 Å². The van der Waals surface area contributed by atoms with Gasteiger partial charge < -0.3 is 59.1 Å². The molecule has 4 unspecified atom stereocenters. The number of amides is 3. The number of cyclic esters (lactones) is 1. The number of hydrogen-bond acceptors (Lipinski definition) is 12. The quantitative estimate of drug-likeness (QED) is 0.0653. The lowest BCUT2D eigenvalue weighted by molar-refractivity contribution is -0.141. The Morgan fingerprint density at radius 3 is 2.05 bits per heavy atom. The van der Waals surface area contributed by atoms with Crippen molar-refractivity contribution in [2.45, 2.75) is 44.4 Å². The van der Waals surface area contributed by atoms with Crippen molar-refractivity contribution in [3.8, 4) is 28.7 Å². The van der Waals surface area contributed by atoms with E-state index in [9.17, 15) is 29.4 Å². The van der Waals surface area contributed by atoms with Gasteiger partial charge in [-0.2, -0.15) is 0 Å². The third kappa shape index (κ3) is 10.1. The number of carbonyl (C=O) groups is 4. The maximum Gasteiger partial charge on any atom is 0.410 e. The maximum absolute atomic E-state index is 13.7. The van der Waals surface area contributed by atoms with Crippen LogP contribution in [0.25, 0.3) is 0 Å². The topological polar surface area (TPSA) is 195 Å². The maximum atomic E-state index is 13.7. The summed E-state index contributed by atoms with van der Waals surface area (Å²) in [6.45, 7) is 1.87. The molecule has 0 aromatic heterocycles. The van der Waals surface area contributed by atoms with Crippen LogP contribution in [-0.4, -0.2) is 104 Å². The Labute approximate surface area is 359 Å². The molecule has 16 nitrogen and oxygen atoms in total. The molecule has 16 heteroatoms. The van der Waals surface area contributed by atoms with Crippen molar-refractivity contribution in [2.24, 2.45) is 11.8 Å². The number of phenolic OH excluding ortho intramolecular Hbond substituents is 1. The number of esters is 1. The monoisotopic (exact) mass is 852 g/mol. The summed E-state index contributed by atoms with van der Waals surface area (Å²) in [5.74, 6) is -1.19. The van der Waals surface area contributed by atoms with Crippen molar-refractivity contribution in [3.63, 3.8) is 0 Å².